The molecule has 0 fully saturated rings. The number of halogens is 1. The molecule has 1 atom stereocenters. The topological polar surface area (TPSA) is 29.0 Å². The molecule has 0 aliphatic heterocycles. The number of aliphatic hydroxyl groups is 1. The van der Waals surface area contributed by atoms with E-state index in [1.54, 1.807) is 0 Å². The summed E-state index contributed by atoms with van der Waals surface area (Å²) in [6.07, 6.45) is 5.41. The van der Waals surface area contributed by atoms with Gasteiger partial charge in [-0.25, -0.2) is 9.13 Å². The van der Waals surface area contributed by atoms with Gasteiger partial charge in [0.25, 0.3) is 0 Å². The molecular weight excluding hydrogens is 268 g/mol. The first-order valence-corrected chi connectivity index (χ1v) is 5.00. The molecular formula is C12H15BrN2O. The van der Waals surface area contributed by atoms with Crippen LogP contribution in [-0.2, 0) is 13.6 Å². The number of aryl methyl sites for hydroxylation is 1. The first-order valence-electron chi connectivity index (χ1n) is 5.00. The zero-order valence-electron chi connectivity index (χ0n) is 9.12. The second-order valence-corrected chi connectivity index (χ2v) is 3.70. The van der Waals surface area contributed by atoms with Crippen LogP contribution in [0.15, 0.2) is 49.1 Å². The molecule has 0 radical (unpaired) electrons. The molecule has 3 nitrogen and oxygen atoms in total. The molecule has 1 heterocycles. The van der Waals surface area contributed by atoms with Gasteiger partial charge in [0.1, 0.15) is 25.0 Å². The van der Waals surface area contributed by atoms with Crippen molar-refractivity contribution in [2.24, 2.45) is 7.05 Å². The van der Waals surface area contributed by atoms with Crippen molar-refractivity contribution >= 4 is 0 Å². The molecule has 2 aromatic rings. The lowest BCUT2D eigenvalue weighted by Gasteiger charge is -2.07. The number of hydrogen-bond acceptors (Lipinski definition) is 1. The molecule has 0 amide bonds. The number of nitrogens with zero attached hydrogens (tertiary/aromatic N) is 2. The lowest BCUT2D eigenvalue weighted by molar-refractivity contribution is -0.671. The summed E-state index contributed by atoms with van der Waals surface area (Å²) in [7, 11) is 1.96. The Morgan fingerprint density at radius 2 is 2.00 bits per heavy atom. The number of benzene rings is 1. The molecule has 0 bridgehead atoms. The molecule has 1 N–H and O–H groups in total. The van der Waals surface area contributed by atoms with Crippen molar-refractivity contribution in [3.8, 4) is 0 Å². The highest BCUT2D eigenvalue weighted by Gasteiger charge is 2.10. The zero-order valence-corrected chi connectivity index (χ0v) is 10.7. The van der Waals surface area contributed by atoms with E-state index >= 15 is 0 Å². The minimum Gasteiger partial charge on any atom is -1.00 e. The number of aromatic nitrogens is 2. The molecule has 0 saturated carbocycles. The highest BCUT2D eigenvalue weighted by molar-refractivity contribution is 5.17. The summed E-state index contributed by atoms with van der Waals surface area (Å²) < 4.78 is 3.93. The fourth-order valence-corrected chi connectivity index (χ4v) is 1.59. The minimum atomic E-state index is -0.446. The van der Waals surface area contributed by atoms with Gasteiger partial charge in [0.2, 0.25) is 6.33 Å². The molecule has 1 aromatic carbocycles. The van der Waals surface area contributed by atoms with Crippen molar-refractivity contribution in [1.82, 2.24) is 4.57 Å². The summed E-state index contributed by atoms with van der Waals surface area (Å²) in [6.45, 7) is 0.588. The molecule has 86 valence electrons. The van der Waals surface area contributed by atoms with Crippen molar-refractivity contribution in [2.75, 3.05) is 0 Å². The van der Waals surface area contributed by atoms with Gasteiger partial charge in [-0.2, -0.15) is 0 Å². The minimum absolute atomic E-state index is 0. The van der Waals surface area contributed by atoms with Gasteiger partial charge in [0, 0.05) is 0 Å². The second kappa shape index (κ2) is 5.82. The Balaban J connectivity index is 0.00000128. The first kappa shape index (κ1) is 12.9. The van der Waals surface area contributed by atoms with Gasteiger partial charge in [0.05, 0.1) is 7.05 Å². The molecule has 2 rings (SSSR count). The van der Waals surface area contributed by atoms with Crippen LogP contribution in [0.4, 0.5) is 0 Å². The van der Waals surface area contributed by atoms with Crippen molar-refractivity contribution in [3.05, 3.63) is 54.6 Å². The van der Waals surface area contributed by atoms with Gasteiger partial charge >= 0.3 is 0 Å². The van der Waals surface area contributed by atoms with E-state index in [9.17, 15) is 5.11 Å². The van der Waals surface area contributed by atoms with Crippen LogP contribution >= 0.6 is 0 Å². The fraction of sp³-hybridized carbons (Fsp3) is 0.250. The molecule has 1 unspecified atom stereocenters. The van der Waals surface area contributed by atoms with Crippen LogP contribution in [-0.4, -0.2) is 9.67 Å². The Bertz CT molecular complexity index is 428. The maximum absolute atomic E-state index is 9.95. The average Bonchev–Trinajstić information content (AvgIpc) is 2.65. The third-order valence-electron chi connectivity index (χ3n) is 2.39. The normalized spacial score (nSPS) is 11.9. The average molecular weight is 283 g/mol. The van der Waals surface area contributed by atoms with E-state index in [1.807, 2.05) is 65.2 Å². The SMILES string of the molecule is C[n+]1ccn(CC(O)c2ccccc2)c1.[Br-]. The summed E-state index contributed by atoms with van der Waals surface area (Å²) in [4.78, 5) is 0. The maximum Gasteiger partial charge on any atom is 0.243 e. The van der Waals surface area contributed by atoms with Crippen LogP contribution in [0.25, 0.3) is 0 Å². The van der Waals surface area contributed by atoms with E-state index in [0.29, 0.717) is 6.54 Å². The van der Waals surface area contributed by atoms with Crippen LogP contribution in [0.3, 0.4) is 0 Å². The fourth-order valence-electron chi connectivity index (χ4n) is 1.59. The van der Waals surface area contributed by atoms with E-state index < -0.39 is 6.10 Å². The van der Waals surface area contributed by atoms with Gasteiger partial charge < -0.3 is 22.1 Å². The highest BCUT2D eigenvalue weighted by Crippen LogP contribution is 2.13. The van der Waals surface area contributed by atoms with E-state index in [0.717, 1.165) is 5.56 Å². The maximum atomic E-state index is 9.95. The Morgan fingerprint density at radius 1 is 1.31 bits per heavy atom. The number of aliphatic hydroxyl groups excluding tert-OH is 1. The van der Waals surface area contributed by atoms with Crippen molar-refractivity contribution in [3.63, 3.8) is 0 Å². The molecule has 0 aliphatic rings. The third-order valence-corrected chi connectivity index (χ3v) is 2.39. The van der Waals surface area contributed by atoms with Crippen LogP contribution < -0.4 is 21.5 Å². The van der Waals surface area contributed by atoms with Crippen LogP contribution in [0.1, 0.15) is 11.7 Å². The lowest BCUT2D eigenvalue weighted by Crippen LogP contribution is -3.00. The van der Waals surface area contributed by atoms with Gasteiger partial charge in [-0.3, -0.25) is 0 Å². The van der Waals surface area contributed by atoms with Gasteiger partial charge in [-0.1, -0.05) is 30.3 Å². The van der Waals surface area contributed by atoms with Crippen molar-refractivity contribution in [1.29, 1.82) is 0 Å². The molecule has 0 saturated heterocycles. The van der Waals surface area contributed by atoms with Crippen LogP contribution in [0.5, 0.6) is 0 Å². The smallest absolute Gasteiger partial charge is 0.243 e. The predicted octanol–water partition coefficient (Wildman–Crippen LogP) is -1.95. The van der Waals surface area contributed by atoms with Gasteiger partial charge in [-0.05, 0) is 5.56 Å². The van der Waals surface area contributed by atoms with Gasteiger partial charge in [-0.15, -0.1) is 0 Å². The van der Waals surface area contributed by atoms with E-state index in [4.69, 9.17) is 0 Å². The quantitative estimate of drug-likeness (QED) is 0.652. The second-order valence-electron chi connectivity index (χ2n) is 3.70. The molecule has 1 aromatic heterocycles. The van der Waals surface area contributed by atoms with Crippen LogP contribution in [0, 0.1) is 0 Å². The van der Waals surface area contributed by atoms with Crippen molar-refractivity contribution in [2.45, 2.75) is 12.6 Å². The summed E-state index contributed by atoms with van der Waals surface area (Å²) in [5.74, 6) is 0. The summed E-state index contributed by atoms with van der Waals surface area (Å²) in [5, 5.41) is 9.95. The Hall–Kier alpha value is -1.13. The van der Waals surface area contributed by atoms with Crippen molar-refractivity contribution < 1.29 is 26.7 Å². The molecule has 0 spiro atoms. The number of rotatable bonds is 3. The summed E-state index contributed by atoms with van der Waals surface area (Å²) in [6, 6.07) is 9.70. The number of imidazole rings is 1. The third kappa shape index (κ3) is 3.18. The Kier molecular flexibility index (Phi) is 4.71. The Morgan fingerprint density at radius 3 is 2.56 bits per heavy atom. The van der Waals surface area contributed by atoms with E-state index in [-0.39, 0.29) is 17.0 Å². The molecule has 0 aliphatic carbocycles. The predicted molar refractivity (Wildman–Crippen MR) is 57.0 cm³/mol. The first-order chi connectivity index (χ1) is 7.25. The Labute approximate surface area is 106 Å². The van der Waals surface area contributed by atoms with Crippen LogP contribution in [0.2, 0.25) is 0 Å². The van der Waals surface area contributed by atoms with E-state index in [1.165, 1.54) is 0 Å². The summed E-state index contributed by atoms with van der Waals surface area (Å²) in [5.41, 5.74) is 0.953. The lowest BCUT2D eigenvalue weighted by atomic mass is 10.1. The standard InChI is InChI=1S/C12H15N2O.BrH/c1-13-7-8-14(10-13)9-12(15)11-5-3-2-4-6-11;/h2-8,10,12,15H,9H2,1H3;1H/q+1;/p-1. The largest absolute Gasteiger partial charge is 1.00 e. The summed E-state index contributed by atoms with van der Waals surface area (Å²) >= 11 is 0. The zero-order chi connectivity index (χ0) is 10.7. The molecule has 16 heavy (non-hydrogen) atoms. The number of hydrogen-bond donors (Lipinski definition) is 1. The van der Waals surface area contributed by atoms with Gasteiger partial charge in [0.15, 0.2) is 0 Å². The molecule has 4 heteroatoms. The highest BCUT2D eigenvalue weighted by atomic mass is 79.9. The monoisotopic (exact) mass is 282 g/mol. The van der Waals surface area contributed by atoms with E-state index in [2.05, 4.69) is 0 Å².